The maximum Gasteiger partial charge on any atom is 0.225 e. The zero-order valence-corrected chi connectivity index (χ0v) is 9.72. The fourth-order valence-corrected chi connectivity index (χ4v) is 1.75. The lowest BCUT2D eigenvalue weighted by atomic mass is 10.2. The highest BCUT2D eigenvalue weighted by Gasteiger charge is 2.21. The Bertz CT molecular complexity index is 373. The fourth-order valence-electron chi connectivity index (χ4n) is 1.75. The van der Waals surface area contributed by atoms with Crippen LogP contribution in [0.4, 0.5) is 5.82 Å². The van der Waals surface area contributed by atoms with Crippen molar-refractivity contribution in [2.45, 2.75) is 25.3 Å². The van der Waals surface area contributed by atoms with Crippen molar-refractivity contribution in [2.24, 2.45) is 0 Å². The molecule has 3 N–H and O–H groups in total. The van der Waals surface area contributed by atoms with Crippen molar-refractivity contribution in [1.82, 2.24) is 15.1 Å². The number of aromatic nitrogens is 2. The third-order valence-electron chi connectivity index (χ3n) is 2.86. The van der Waals surface area contributed by atoms with E-state index in [0.717, 1.165) is 18.9 Å². The highest BCUT2D eigenvalue weighted by molar-refractivity contribution is 5.89. The van der Waals surface area contributed by atoms with E-state index in [1.807, 2.05) is 10.7 Å². The molecule has 94 valence electrons. The smallest absolute Gasteiger partial charge is 0.225 e. The van der Waals surface area contributed by atoms with Crippen LogP contribution in [0.2, 0.25) is 0 Å². The number of hydrogen-bond donors (Lipinski definition) is 3. The maximum atomic E-state index is 11.6. The highest BCUT2D eigenvalue weighted by Crippen LogP contribution is 2.17. The van der Waals surface area contributed by atoms with Gasteiger partial charge in [-0.15, -0.1) is 0 Å². The van der Waals surface area contributed by atoms with E-state index < -0.39 is 0 Å². The monoisotopic (exact) mass is 238 g/mol. The third kappa shape index (κ3) is 3.04. The molecule has 1 aromatic rings. The van der Waals surface area contributed by atoms with Gasteiger partial charge in [-0.3, -0.25) is 4.79 Å². The molecule has 0 saturated carbocycles. The normalized spacial score (nSPS) is 15.6. The fraction of sp³-hybridized carbons (Fsp3) is 0.636. The predicted octanol–water partition coefficient (Wildman–Crippen LogP) is 0.128. The molecule has 17 heavy (non-hydrogen) atoms. The first-order chi connectivity index (χ1) is 8.31. The van der Waals surface area contributed by atoms with Crippen LogP contribution in [0.15, 0.2) is 12.3 Å². The zero-order chi connectivity index (χ0) is 12.1. The topological polar surface area (TPSA) is 79.2 Å². The lowest BCUT2D eigenvalue weighted by Crippen LogP contribution is -2.44. The van der Waals surface area contributed by atoms with Gasteiger partial charge in [0.1, 0.15) is 5.82 Å². The molecule has 0 bridgehead atoms. The third-order valence-corrected chi connectivity index (χ3v) is 2.86. The van der Waals surface area contributed by atoms with Crippen LogP contribution in [-0.2, 0) is 4.79 Å². The van der Waals surface area contributed by atoms with Crippen LogP contribution in [0.1, 0.15) is 25.3 Å². The standard InChI is InChI=1S/C11H18N4O2/c16-6-2-1-3-11(17)14-10-4-5-13-15(10)9-7-12-8-9/h4-5,9,12,16H,1-3,6-8H2,(H,14,17). The van der Waals surface area contributed by atoms with E-state index in [9.17, 15) is 4.79 Å². The minimum absolute atomic E-state index is 0.0208. The van der Waals surface area contributed by atoms with Gasteiger partial charge in [0.05, 0.1) is 12.2 Å². The number of carbonyl (C=O) groups excluding carboxylic acids is 1. The van der Waals surface area contributed by atoms with E-state index >= 15 is 0 Å². The van der Waals surface area contributed by atoms with Gasteiger partial charge < -0.3 is 15.7 Å². The number of nitrogens with one attached hydrogen (secondary N) is 2. The number of rotatable bonds is 6. The first kappa shape index (κ1) is 12.1. The molecule has 1 aliphatic rings. The maximum absolute atomic E-state index is 11.6. The summed E-state index contributed by atoms with van der Waals surface area (Å²) in [5.74, 6) is 0.734. The molecule has 1 amide bonds. The van der Waals surface area contributed by atoms with Crippen molar-refractivity contribution in [1.29, 1.82) is 0 Å². The van der Waals surface area contributed by atoms with Crippen LogP contribution in [0.25, 0.3) is 0 Å². The van der Waals surface area contributed by atoms with Crippen LogP contribution in [0.3, 0.4) is 0 Å². The summed E-state index contributed by atoms with van der Waals surface area (Å²) in [4.78, 5) is 11.6. The molecule has 6 heteroatoms. The van der Waals surface area contributed by atoms with Crippen molar-refractivity contribution >= 4 is 11.7 Å². The lowest BCUT2D eigenvalue weighted by molar-refractivity contribution is -0.116. The largest absolute Gasteiger partial charge is 0.396 e. The highest BCUT2D eigenvalue weighted by atomic mass is 16.3. The number of anilines is 1. The molecule has 1 aromatic heterocycles. The second kappa shape index (κ2) is 5.79. The number of carbonyl (C=O) groups is 1. The van der Waals surface area contributed by atoms with Gasteiger partial charge >= 0.3 is 0 Å². The Morgan fingerprint density at radius 3 is 3.06 bits per heavy atom. The molecule has 0 spiro atoms. The quantitative estimate of drug-likeness (QED) is 0.615. The Balaban J connectivity index is 1.85. The number of amides is 1. The Kier molecular flexibility index (Phi) is 4.11. The summed E-state index contributed by atoms with van der Waals surface area (Å²) in [6.45, 7) is 1.93. The number of nitrogens with zero attached hydrogens (tertiary/aromatic N) is 2. The van der Waals surface area contributed by atoms with Gasteiger partial charge in [-0.05, 0) is 12.8 Å². The van der Waals surface area contributed by atoms with Crippen LogP contribution < -0.4 is 10.6 Å². The number of aliphatic hydroxyl groups excluding tert-OH is 1. The summed E-state index contributed by atoms with van der Waals surface area (Å²) < 4.78 is 1.85. The van der Waals surface area contributed by atoms with E-state index in [-0.39, 0.29) is 12.5 Å². The van der Waals surface area contributed by atoms with Gasteiger partial charge in [0.25, 0.3) is 0 Å². The lowest BCUT2D eigenvalue weighted by Gasteiger charge is -2.28. The average Bonchev–Trinajstić information content (AvgIpc) is 2.64. The zero-order valence-electron chi connectivity index (χ0n) is 9.72. The van der Waals surface area contributed by atoms with E-state index in [1.165, 1.54) is 0 Å². The Morgan fingerprint density at radius 2 is 2.41 bits per heavy atom. The van der Waals surface area contributed by atoms with E-state index in [1.54, 1.807) is 6.20 Å². The van der Waals surface area contributed by atoms with Crippen LogP contribution >= 0.6 is 0 Å². The molecule has 1 aliphatic heterocycles. The van der Waals surface area contributed by atoms with Crippen molar-refractivity contribution in [3.8, 4) is 0 Å². The van der Waals surface area contributed by atoms with Gasteiger partial charge in [-0.2, -0.15) is 5.10 Å². The molecule has 2 rings (SSSR count). The van der Waals surface area contributed by atoms with Crippen molar-refractivity contribution in [3.63, 3.8) is 0 Å². The van der Waals surface area contributed by atoms with Gasteiger partial charge in [0.15, 0.2) is 0 Å². The van der Waals surface area contributed by atoms with Crippen LogP contribution in [-0.4, -0.2) is 40.5 Å². The average molecular weight is 238 g/mol. The molecule has 2 heterocycles. The minimum atomic E-state index is -0.0208. The molecule has 0 atom stereocenters. The molecule has 0 radical (unpaired) electrons. The number of unbranched alkanes of at least 4 members (excludes halogenated alkanes) is 1. The summed E-state index contributed by atoms with van der Waals surface area (Å²) >= 11 is 0. The summed E-state index contributed by atoms with van der Waals surface area (Å²) in [6.07, 6.45) is 3.51. The van der Waals surface area contributed by atoms with E-state index in [2.05, 4.69) is 15.7 Å². The summed E-state index contributed by atoms with van der Waals surface area (Å²) in [7, 11) is 0. The van der Waals surface area contributed by atoms with Gasteiger partial charge in [0, 0.05) is 32.2 Å². The summed E-state index contributed by atoms with van der Waals surface area (Å²) in [5.41, 5.74) is 0. The van der Waals surface area contributed by atoms with Crippen molar-refractivity contribution in [2.75, 3.05) is 25.0 Å². The van der Waals surface area contributed by atoms with Gasteiger partial charge in [0.2, 0.25) is 5.91 Å². The molecular formula is C11H18N4O2. The molecule has 0 aliphatic carbocycles. The Labute approximate surface area is 100 Å². The predicted molar refractivity (Wildman–Crippen MR) is 63.7 cm³/mol. The first-order valence-corrected chi connectivity index (χ1v) is 5.96. The van der Waals surface area contributed by atoms with E-state index in [4.69, 9.17) is 5.11 Å². The first-order valence-electron chi connectivity index (χ1n) is 5.96. The molecule has 6 nitrogen and oxygen atoms in total. The Morgan fingerprint density at radius 1 is 1.59 bits per heavy atom. The summed E-state index contributed by atoms with van der Waals surface area (Å²) in [6, 6.07) is 2.15. The van der Waals surface area contributed by atoms with Gasteiger partial charge in [-0.1, -0.05) is 0 Å². The van der Waals surface area contributed by atoms with Crippen LogP contribution in [0, 0.1) is 0 Å². The van der Waals surface area contributed by atoms with Crippen molar-refractivity contribution in [3.05, 3.63) is 12.3 Å². The summed E-state index contributed by atoms with van der Waals surface area (Å²) in [5, 5.41) is 18.9. The minimum Gasteiger partial charge on any atom is -0.396 e. The second-order valence-corrected chi connectivity index (χ2v) is 4.20. The Hall–Kier alpha value is -1.40. The molecule has 0 unspecified atom stereocenters. The number of aliphatic hydroxyl groups is 1. The number of hydrogen-bond acceptors (Lipinski definition) is 4. The van der Waals surface area contributed by atoms with E-state index in [0.29, 0.717) is 25.3 Å². The van der Waals surface area contributed by atoms with Crippen LogP contribution in [0.5, 0.6) is 0 Å². The van der Waals surface area contributed by atoms with Gasteiger partial charge in [-0.25, -0.2) is 4.68 Å². The molecule has 1 saturated heterocycles. The molecular weight excluding hydrogens is 220 g/mol. The second-order valence-electron chi connectivity index (χ2n) is 4.20. The van der Waals surface area contributed by atoms with Crippen molar-refractivity contribution < 1.29 is 9.90 Å². The molecule has 0 aromatic carbocycles. The molecule has 1 fully saturated rings. The SMILES string of the molecule is O=C(CCCCO)Nc1ccnn1C1CNC1.